The zero-order valence-corrected chi connectivity index (χ0v) is 12.6. The van der Waals surface area contributed by atoms with Gasteiger partial charge in [-0.15, -0.1) is 0 Å². The average Bonchev–Trinajstić information content (AvgIpc) is 2.51. The van der Waals surface area contributed by atoms with Crippen molar-refractivity contribution in [1.82, 2.24) is 9.80 Å². The van der Waals surface area contributed by atoms with Gasteiger partial charge in [-0.1, -0.05) is 0 Å². The number of carbonyl (C=O) groups excluding carboxylic acids is 1. The highest BCUT2D eigenvalue weighted by Crippen LogP contribution is 2.16. The lowest BCUT2D eigenvalue weighted by molar-refractivity contribution is 0.130. The van der Waals surface area contributed by atoms with Crippen LogP contribution in [0, 0.1) is 11.6 Å². The molecule has 2 amide bonds. The molecule has 122 valence electrons. The number of ether oxygens (including phenoxy) is 1. The first-order valence-corrected chi connectivity index (χ1v) is 7.32. The molecule has 0 aromatic heterocycles. The van der Waals surface area contributed by atoms with E-state index in [0.717, 1.165) is 44.8 Å². The van der Waals surface area contributed by atoms with Gasteiger partial charge in [0.15, 0.2) is 0 Å². The number of carbonyl (C=O) groups is 1. The van der Waals surface area contributed by atoms with E-state index in [2.05, 4.69) is 10.2 Å². The van der Waals surface area contributed by atoms with Gasteiger partial charge in [0, 0.05) is 52.5 Å². The average molecular weight is 313 g/mol. The standard InChI is InChI=1S/C15H21F2N3O2/c1-22-10-2-5-19-6-8-20(9-7-19)15(21)18-14-4-3-12(16)11-13(14)17/h3-4,11H,2,5-10H2,1H3,(H,18,21). The second kappa shape index (κ2) is 8.05. The van der Waals surface area contributed by atoms with Crippen molar-refractivity contribution < 1.29 is 18.3 Å². The van der Waals surface area contributed by atoms with E-state index in [0.29, 0.717) is 13.1 Å². The van der Waals surface area contributed by atoms with E-state index in [-0.39, 0.29) is 11.7 Å². The molecular formula is C15H21F2N3O2. The number of benzene rings is 1. The second-order valence-electron chi connectivity index (χ2n) is 5.23. The molecule has 1 N–H and O–H groups in total. The molecule has 1 aromatic carbocycles. The fourth-order valence-electron chi connectivity index (χ4n) is 2.39. The van der Waals surface area contributed by atoms with Crippen LogP contribution in [-0.4, -0.2) is 62.3 Å². The number of nitrogens with zero attached hydrogens (tertiary/aromatic N) is 2. The third-order valence-corrected chi connectivity index (χ3v) is 3.66. The summed E-state index contributed by atoms with van der Waals surface area (Å²) in [5, 5.41) is 2.48. The maximum absolute atomic E-state index is 13.5. The Hall–Kier alpha value is -1.73. The monoisotopic (exact) mass is 313 g/mol. The molecule has 0 aliphatic carbocycles. The summed E-state index contributed by atoms with van der Waals surface area (Å²) < 4.78 is 31.4. The largest absolute Gasteiger partial charge is 0.385 e. The Morgan fingerprint density at radius 1 is 1.27 bits per heavy atom. The molecule has 0 atom stereocenters. The van der Waals surface area contributed by atoms with Crippen LogP contribution in [0.2, 0.25) is 0 Å². The Morgan fingerprint density at radius 2 is 2.00 bits per heavy atom. The van der Waals surface area contributed by atoms with Crippen molar-refractivity contribution in [1.29, 1.82) is 0 Å². The number of amides is 2. The van der Waals surface area contributed by atoms with Crippen molar-refractivity contribution >= 4 is 11.7 Å². The summed E-state index contributed by atoms with van der Waals surface area (Å²) >= 11 is 0. The highest BCUT2D eigenvalue weighted by molar-refractivity contribution is 5.89. The molecule has 0 radical (unpaired) electrons. The Kier molecular flexibility index (Phi) is 6.09. The smallest absolute Gasteiger partial charge is 0.322 e. The number of halogens is 2. The van der Waals surface area contributed by atoms with Crippen LogP contribution in [0.25, 0.3) is 0 Å². The number of anilines is 1. The number of urea groups is 1. The summed E-state index contributed by atoms with van der Waals surface area (Å²) in [5.41, 5.74) is -0.00563. The molecule has 5 nitrogen and oxygen atoms in total. The van der Waals surface area contributed by atoms with Gasteiger partial charge in [-0.3, -0.25) is 4.90 Å². The molecule has 0 bridgehead atoms. The topological polar surface area (TPSA) is 44.8 Å². The molecule has 22 heavy (non-hydrogen) atoms. The van der Waals surface area contributed by atoms with Gasteiger partial charge in [-0.25, -0.2) is 13.6 Å². The first-order chi connectivity index (χ1) is 10.6. The molecule has 1 aliphatic heterocycles. The maximum Gasteiger partial charge on any atom is 0.322 e. The van der Waals surface area contributed by atoms with Gasteiger partial charge >= 0.3 is 6.03 Å². The van der Waals surface area contributed by atoms with Gasteiger partial charge in [0.05, 0.1) is 5.69 Å². The Balaban J connectivity index is 1.80. The van der Waals surface area contributed by atoms with Crippen LogP contribution >= 0.6 is 0 Å². The van der Waals surface area contributed by atoms with Gasteiger partial charge in [-0.05, 0) is 18.6 Å². The van der Waals surface area contributed by atoms with Gasteiger partial charge in [0.2, 0.25) is 0 Å². The van der Waals surface area contributed by atoms with Crippen molar-refractivity contribution in [2.24, 2.45) is 0 Å². The van der Waals surface area contributed by atoms with Crippen LogP contribution < -0.4 is 5.32 Å². The Morgan fingerprint density at radius 3 is 2.64 bits per heavy atom. The maximum atomic E-state index is 13.5. The molecule has 1 saturated heterocycles. The van der Waals surface area contributed by atoms with Crippen LogP contribution in [0.1, 0.15) is 6.42 Å². The molecule has 0 spiro atoms. The lowest BCUT2D eigenvalue weighted by Gasteiger charge is -2.34. The van der Waals surface area contributed by atoms with Gasteiger partial charge in [0.25, 0.3) is 0 Å². The van der Waals surface area contributed by atoms with Crippen LogP contribution in [0.15, 0.2) is 18.2 Å². The predicted molar refractivity (Wildman–Crippen MR) is 79.9 cm³/mol. The molecule has 1 heterocycles. The Bertz CT molecular complexity index is 506. The minimum absolute atomic E-state index is 0.00563. The minimum Gasteiger partial charge on any atom is -0.385 e. The SMILES string of the molecule is COCCCN1CCN(C(=O)Nc2ccc(F)cc2F)CC1. The highest BCUT2D eigenvalue weighted by atomic mass is 19.1. The normalized spacial score (nSPS) is 15.9. The van der Waals surface area contributed by atoms with Gasteiger partial charge in [-0.2, -0.15) is 0 Å². The zero-order chi connectivity index (χ0) is 15.9. The summed E-state index contributed by atoms with van der Waals surface area (Å²) in [5.74, 6) is -1.44. The fraction of sp³-hybridized carbons (Fsp3) is 0.533. The van der Waals surface area contributed by atoms with E-state index in [1.807, 2.05) is 0 Å². The first-order valence-electron chi connectivity index (χ1n) is 7.32. The van der Waals surface area contributed by atoms with Crippen molar-refractivity contribution in [2.45, 2.75) is 6.42 Å². The van der Waals surface area contributed by atoms with Crippen LogP contribution in [0.5, 0.6) is 0 Å². The minimum atomic E-state index is -0.772. The second-order valence-corrected chi connectivity index (χ2v) is 5.23. The number of piperazine rings is 1. The molecule has 0 unspecified atom stereocenters. The Labute approximate surface area is 128 Å². The van der Waals surface area contributed by atoms with Crippen LogP contribution in [0.3, 0.4) is 0 Å². The number of hydrogen-bond donors (Lipinski definition) is 1. The molecule has 1 fully saturated rings. The van der Waals surface area contributed by atoms with Crippen molar-refractivity contribution in [3.63, 3.8) is 0 Å². The molecular weight excluding hydrogens is 292 g/mol. The van der Waals surface area contributed by atoms with Crippen molar-refractivity contribution in [2.75, 3.05) is 51.8 Å². The van der Waals surface area contributed by atoms with E-state index in [1.54, 1.807) is 12.0 Å². The zero-order valence-electron chi connectivity index (χ0n) is 12.6. The van der Waals surface area contributed by atoms with Crippen molar-refractivity contribution in [3.8, 4) is 0 Å². The third-order valence-electron chi connectivity index (χ3n) is 3.66. The van der Waals surface area contributed by atoms with E-state index in [9.17, 15) is 13.6 Å². The lowest BCUT2D eigenvalue weighted by atomic mass is 10.3. The van der Waals surface area contributed by atoms with Gasteiger partial charge in [0.1, 0.15) is 11.6 Å². The number of methoxy groups -OCH3 is 1. The van der Waals surface area contributed by atoms with Crippen LogP contribution in [-0.2, 0) is 4.74 Å². The van der Waals surface area contributed by atoms with Crippen molar-refractivity contribution in [3.05, 3.63) is 29.8 Å². The highest BCUT2D eigenvalue weighted by Gasteiger charge is 2.21. The van der Waals surface area contributed by atoms with E-state index < -0.39 is 11.6 Å². The lowest BCUT2D eigenvalue weighted by Crippen LogP contribution is -2.50. The molecule has 1 aliphatic rings. The number of rotatable bonds is 5. The van der Waals surface area contributed by atoms with Gasteiger partial charge < -0.3 is 15.0 Å². The number of hydrogen-bond acceptors (Lipinski definition) is 3. The molecule has 1 aromatic rings. The van der Waals surface area contributed by atoms with Crippen LogP contribution in [0.4, 0.5) is 19.3 Å². The summed E-state index contributed by atoms with van der Waals surface area (Å²) in [6.45, 7) is 4.40. The third kappa shape index (κ3) is 4.64. The number of nitrogens with one attached hydrogen (secondary N) is 1. The predicted octanol–water partition coefficient (Wildman–Crippen LogP) is 2.15. The summed E-state index contributed by atoms with van der Waals surface area (Å²) in [6, 6.07) is 2.74. The fourth-order valence-corrected chi connectivity index (χ4v) is 2.39. The van der Waals surface area contributed by atoms with E-state index in [1.165, 1.54) is 6.07 Å². The summed E-state index contributed by atoms with van der Waals surface area (Å²) in [6.07, 6.45) is 0.962. The van der Waals surface area contributed by atoms with E-state index in [4.69, 9.17) is 4.74 Å². The molecule has 7 heteroatoms. The molecule has 2 rings (SSSR count). The molecule has 0 saturated carbocycles. The quantitative estimate of drug-likeness (QED) is 0.847. The summed E-state index contributed by atoms with van der Waals surface area (Å²) in [4.78, 5) is 16.0. The first kappa shape index (κ1) is 16.6. The summed E-state index contributed by atoms with van der Waals surface area (Å²) in [7, 11) is 1.68. The van der Waals surface area contributed by atoms with E-state index >= 15 is 0 Å².